The summed E-state index contributed by atoms with van der Waals surface area (Å²) in [5, 5.41) is 8.46. The van der Waals surface area contributed by atoms with Crippen molar-refractivity contribution in [2.75, 3.05) is 6.54 Å². The minimum absolute atomic E-state index is 0.558. The fraction of sp³-hybridized carbons (Fsp3) is 0.600. The number of rotatable bonds is 4. The van der Waals surface area contributed by atoms with Crippen LogP contribution in [0.15, 0.2) is 16.9 Å². The Bertz CT molecular complexity index is 567. The zero-order valence-corrected chi connectivity index (χ0v) is 12.5. The minimum atomic E-state index is 0.558. The van der Waals surface area contributed by atoms with Crippen LogP contribution in [-0.2, 0) is 13.1 Å². The molecule has 0 bridgehead atoms. The quantitative estimate of drug-likeness (QED) is 0.859. The summed E-state index contributed by atoms with van der Waals surface area (Å²) in [6.07, 6.45) is 6.54. The van der Waals surface area contributed by atoms with Crippen LogP contribution in [0.3, 0.4) is 0 Å². The van der Waals surface area contributed by atoms with E-state index in [-0.39, 0.29) is 0 Å². The van der Waals surface area contributed by atoms with Gasteiger partial charge in [-0.2, -0.15) is 5.10 Å². The van der Waals surface area contributed by atoms with Crippen LogP contribution >= 0.6 is 0 Å². The van der Waals surface area contributed by atoms with E-state index in [0.717, 1.165) is 31.1 Å². The Morgan fingerprint density at radius 3 is 2.85 bits per heavy atom. The maximum absolute atomic E-state index is 5.27. The van der Waals surface area contributed by atoms with Gasteiger partial charge in [0.15, 0.2) is 0 Å². The summed E-state index contributed by atoms with van der Waals surface area (Å²) >= 11 is 0. The minimum Gasteiger partial charge on any atom is -0.361 e. The SMILES string of the molecule is Cc1cnn(C[C@@H]2CCCN2Cc2c(C)noc2C)c1. The highest BCUT2D eigenvalue weighted by Crippen LogP contribution is 2.24. The molecule has 0 aliphatic carbocycles. The van der Waals surface area contributed by atoms with Gasteiger partial charge in [0.25, 0.3) is 0 Å². The average molecular weight is 274 g/mol. The number of aryl methyl sites for hydroxylation is 3. The Labute approximate surface area is 119 Å². The van der Waals surface area contributed by atoms with Crippen molar-refractivity contribution in [3.05, 3.63) is 35.0 Å². The molecule has 3 rings (SSSR count). The number of hydrogen-bond donors (Lipinski definition) is 0. The second-order valence-corrected chi connectivity index (χ2v) is 5.81. The summed E-state index contributed by atoms with van der Waals surface area (Å²) < 4.78 is 7.33. The molecule has 1 saturated heterocycles. The zero-order chi connectivity index (χ0) is 14.1. The number of nitrogens with zero attached hydrogens (tertiary/aromatic N) is 4. The predicted molar refractivity (Wildman–Crippen MR) is 76.4 cm³/mol. The standard InChI is InChI=1S/C15H22N4O/c1-11-7-16-19(8-11)9-14-5-4-6-18(14)10-15-12(2)17-20-13(15)3/h7-8,14H,4-6,9-10H2,1-3H3/t14-/m0/s1. The van der Waals surface area contributed by atoms with Crippen LogP contribution in [0.5, 0.6) is 0 Å². The lowest BCUT2D eigenvalue weighted by Crippen LogP contribution is -2.33. The molecule has 0 radical (unpaired) electrons. The van der Waals surface area contributed by atoms with Crippen LogP contribution in [0.4, 0.5) is 0 Å². The van der Waals surface area contributed by atoms with Gasteiger partial charge in [-0.1, -0.05) is 5.16 Å². The van der Waals surface area contributed by atoms with Gasteiger partial charge in [-0.15, -0.1) is 0 Å². The van der Waals surface area contributed by atoms with E-state index in [0.29, 0.717) is 6.04 Å². The second-order valence-electron chi connectivity index (χ2n) is 5.81. The summed E-state index contributed by atoms with van der Waals surface area (Å²) in [6, 6.07) is 0.558. The third-order valence-electron chi connectivity index (χ3n) is 4.20. The Balaban J connectivity index is 1.69. The molecular formula is C15H22N4O. The number of hydrogen-bond acceptors (Lipinski definition) is 4. The molecule has 5 heteroatoms. The van der Waals surface area contributed by atoms with Crippen LogP contribution in [-0.4, -0.2) is 32.4 Å². The molecule has 1 aliphatic heterocycles. The van der Waals surface area contributed by atoms with Gasteiger partial charge >= 0.3 is 0 Å². The lowest BCUT2D eigenvalue weighted by atomic mass is 10.1. The molecule has 0 amide bonds. The van der Waals surface area contributed by atoms with Gasteiger partial charge in [0.2, 0.25) is 0 Å². The smallest absolute Gasteiger partial charge is 0.138 e. The number of likely N-dealkylation sites (tertiary alicyclic amines) is 1. The molecule has 0 N–H and O–H groups in total. The predicted octanol–water partition coefficient (Wildman–Crippen LogP) is 2.46. The van der Waals surface area contributed by atoms with Gasteiger partial charge in [-0.3, -0.25) is 9.58 Å². The van der Waals surface area contributed by atoms with E-state index in [1.807, 2.05) is 20.0 Å². The summed E-state index contributed by atoms with van der Waals surface area (Å²) in [4.78, 5) is 2.53. The molecule has 5 nitrogen and oxygen atoms in total. The molecule has 0 unspecified atom stereocenters. The Kier molecular flexibility index (Phi) is 3.61. The van der Waals surface area contributed by atoms with E-state index < -0.39 is 0 Å². The molecule has 1 fully saturated rings. The Hall–Kier alpha value is -1.62. The zero-order valence-electron chi connectivity index (χ0n) is 12.5. The molecule has 3 heterocycles. The molecule has 2 aromatic rings. The molecule has 108 valence electrons. The largest absolute Gasteiger partial charge is 0.361 e. The lowest BCUT2D eigenvalue weighted by Gasteiger charge is -2.24. The number of aromatic nitrogens is 3. The monoisotopic (exact) mass is 274 g/mol. The topological polar surface area (TPSA) is 47.1 Å². The van der Waals surface area contributed by atoms with Crippen LogP contribution in [0.25, 0.3) is 0 Å². The van der Waals surface area contributed by atoms with Crippen molar-refractivity contribution in [3.8, 4) is 0 Å². The van der Waals surface area contributed by atoms with Gasteiger partial charge in [-0.05, 0) is 45.7 Å². The van der Waals surface area contributed by atoms with Crippen LogP contribution in [0, 0.1) is 20.8 Å². The third-order valence-corrected chi connectivity index (χ3v) is 4.20. The van der Waals surface area contributed by atoms with E-state index in [1.54, 1.807) is 0 Å². The average Bonchev–Trinajstić information content (AvgIpc) is 3.09. The first kappa shape index (κ1) is 13.4. The summed E-state index contributed by atoms with van der Waals surface area (Å²) in [5.41, 5.74) is 3.48. The van der Waals surface area contributed by atoms with Crippen molar-refractivity contribution in [1.29, 1.82) is 0 Å². The summed E-state index contributed by atoms with van der Waals surface area (Å²) in [6.45, 7) is 9.16. The second kappa shape index (κ2) is 5.40. The van der Waals surface area contributed by atoms with Crippen LogP contribution in [0.2, 0.25) is 0 Å². The van der Waals surface area contributed by atoms with Crippen molar-refractivity contribution in [1.82, 2.24) is 19.8 Å². The first-order valence-corrected chi connectivity index (χ1v) is 7.28. The summed E-state index contributed by atoms with van der Waals surface area (Å²) in [5.74, 6) is 0.947. The van der Waals surface area contributed by atoms with Crippen molar-refractivity contribution >= 4 is 0 Å². The van der Waals surface area contributed by atoms with E-state index in [4.69, 9.17) is 4.52 Å². The molecule has 1 aliphatic rings. The Morgan fingerprint density at radius 2 is 2.20 bits per heavy atom. The molecule has 1 atom stereocenters. The summed E-state index contributed by atoms with van der Waals surface area (Å²) in [7, 11) is 0. The van der Waals surface area contributed by atoms with Crippen molar-refractivity contribution < 1.29 is 4.52 Å². The van der Waals surface area contributed by atoms with E-state index in [1.165, 1.54) is 24.0 Å². The third kappa shape index (κ3) is 2.63. The van der Waals surface area contributed by atoms with Gasteiger partial charge in [0.1, 0.15) is 5.76 Å². The molecule has 2 aromatic heterocycles. The van der Waals surface area contributed by atoms with E-state index >= 15 is 0 Å². The van der Waals surface area contributed by atoms with E-state index in [9.17, 15) is 0 Å². The van der Waals surface area contributed by atoms with Gasteiger partial charge < -0.3 is 4.52 Å². The molecule has 0 spiro atoms. The van der Waals surface area contributed by atoms with Gasteiger partial charge in [0.05, 0.1) is 18.4 Å². The molecule has 0 saturated carbocycles. The normalized spacial score (nSPS) is 19.9. The highest BCUT2D eigenvalue weighted by atomic mass is 16.5. The van der Waals surface area contributed by atoms with Crippen LogP contribution < -0.4 is 0 Å². The highest BCUT2D eigenvalue weighted by Gasteiger charge is 2.26. The van der Waals surface area contributed by atoms with Gasteiger partial charge in [-0.25, -0.2) is 0 Å². The first-order chi connectivity index (χ1) is 9.63. The van der Waals surface area contributed by atoms with Crippen molar-refractivity contribution in [2.45, 2.75) is 52.7 Å². The van der Waals surface area contributed by atoms with Crippen LogP contribution in [0.1, 0.15) is 35.4 Å². The fourth-order valence-electron chi connectivity index (χ4n) is 3.02. The Morgan fingerprint density at radius 1 is 1.35 bits per heavy atom. The first-order valence-electron chi connectivity index (χ1n) is 7.28. The maximum atomic E-state index is 5.27. The van der Waals surface area contributed by atoms with Crippen molar-refractivity contribution in [2.24, 2.45) is 0 Å². The molecule has 20 heavy (non-hydrogen) atoms. The maximum Gasteiger partial charge on any atom is 0.138 e. The molecule has 0 aromatic carbocycles. The van der Waals surface area contributed by atoms with Crippen molar-refractivity contribution in [3.63, 3.8) is 0 Å². The highest BCUT2D eigenvalue weighted by molar-refractivity contribution is 5.20. The van der Waals surface area contributed by atoms with Gasteiger partial charge in [0, 0.05) is 24.3 Å². The van der Waals surface area contributed by atoms with E-state index in [2.05, 4.69) is 33.0 Å². The molecular weight excluding hydrogens is 252 g/mol. The lowest BCUT2D eigenvalue weighted by molar-refractivity contribution is 0.217. The fourth-order valence-corrected chi connectivity index (χ4v) is 3.02.